The first-order valence-corrected chi connectivity index (χ1v) is 3.75. The molecule has 0 bridgehead atoms. The van der Waals surface area contributed by atoms with Gasteiger partial charge in [-0.3, -0.25) is 4.79 Å². The quantitative estimate of drug-likeness (QED) is 0.670. The molecule has 2 nitrogen and oxygen atoms in total. The number of rotatable bonds is 2. The van der Waals surface area contributed by atoms with Crippen LogP contribution in [-0.2, 0) is 0 Å². The average molecular weight is 163 g/mol. The van der Waals surface area contributed by atoms with Gasteiger partial charge in [0.25, 0.3) is 0 Å². The lowest BCUT2D eigenvalue weighted by atomic mass is 9.97. The molecule has 0 aliphatic carbocycles. The largest absolute Gasteiger partial charge is 0.382 e. The second-order valence-electron chi connectivity index (χ2n) is 3.18. The standard InChI is InChI=1S/C10H11O2/c1-10(2,12)9(11)8-6-4-3-5-7-8/h4-7,12H,1-2H3. The van der Waals surface area contributed by atoms with Crippen molar-refractivity contribution < 1.29 is 9.90 Å². The summed E-state index contributed by atoms with van der Waals surface area (Å²) in [6, 6.07) is 9.39. The summed E-state index contributed by atoms with van der Waals surface area (Å²) >= 11 is 0. The van der Waals surface area contributed by atoms with Gasteiger partial charge in [0, 0.05) is 5.56 Å². The predicted molar refractivity (Wildman–Crippen MR) is 45.9 cm³/mol. The van der Waals surface area contributed by atoms with Crippen molar-refractivity contribution >= 4 is 5.78 Å². The SMILES string of the molecule is CC(C)(O)C(=O)c1cc[c]cc1. The smallest absolute Gasteiger partial charge is 0.193 e. The van der Waals surface area contributed by atoms with Crippen molar-refractivity contribution in [3.8, 4) is 0 Å². The molecule has 0 heterocycles. The number of carbonyl (C=O) groups is 1. The molecule has 2 heteroatoms. The van der Waals surface area contributed by atoms with Crippen LogP contribution in [0.2, 0.25) is 0 Å². The Balaban J connectivity index is 2.94. The van der Waals surface area contributed by atoms with Gasteiger partial charge in [0.2, 0.25) is 0 Å². The van der Waals surface area contributed by atoms with Gasteiger partial charge < -0.3 is 5.11 Å². The molecule has 0 unspecified atom stereocenters. The first kappa shape index (κ1) is 8.94. The summed E-state index contributed by atoms with van der Waals surface area (Å²) in [6.07, 6.45) is 0. The Morgan fingerprint density at radius 3 is 2.33 bits per heavy atom. The minimum absolute atomic E-state index is 0.267. The molecule has 12 heavy (non-hydrogen) atoms. The highest BCUT2D eigenvalue weighted by atomic mass is 16.3. The maximum Gasteiger partial charge on any atom is 0.193 e. The van der Waals surface area contributed by atoms with Crippen LogP contribution in [0.5, 0.6) is 0 Å². The fourth-order valence-corrected chi connectivity index (χ4v) is 0.891. The molecule has 0 aliphatic heterocycles. The Hall–Kier alpha value is -1.15. The number of aliphatic hydroxyl groups is 1. The first-order chi connectivity index (χ1) is 5.52. The van der Waals surface area contributed by atoms with E-state index < -0.39 is 5.60 Å². The molecule has 0 amide bonds. The summed E-state index contributed by atoms with van der Waals surface area (Å²) in [7, 11) is 0. The van der Waals surface area contributed by atoms with Crippen molar-refractivity contribution in [3.63, 3.8) is 0 Å². The van der Waals surface area contributed by atoms with Crippen LogP contribution in [-0.4, -0.2) is 16.5 Å². The van der Waals surface area contributed by atoms with Gasteiger partial charge in [-0.05, 0) is 19.9 Å². The number of Topliss-reactive ketones (excluding diaryl/α,β-unsaturated/α-hetero) is 1. The Labute approximate surface area is 71.8 Å². The van der Waals surface area contributed by atoms with Crippen molar-refractivity contribution in [2.24, 2.45) is 0 Å². The molecular weight excluding hydrogens is 152 g/mol. The summed E-state index contributed by atoms with van der Waals surface area (Å²) in [6.45, 7) is 2.96. The lowest BCUT2D eigenvalue weighted by molar-refractivity contribution is 0.0488. The second kappa shape index (κ2) is 3.07. The Morgan fingerprint density at radius 2 is 1.92 bits per heavy atom. The van der Waals surface area contributed by atoms with Crippen LogP contribution in [0.3, 0.4) is 0 Å². The molecule has 1 aromatic rings. The van der Waals surface area contributed by atoms with Crippen LogP contribution in [0, 0.1) is 6.07 Å². The molecule has 0 atom stereocenters. The maximum absolute atomic E-state index is 11.4. The van der Waals surface area contributed by atoms with E-state index in [0.29, 0.717) is 5.56 Å². The predicted octanol–water partition coefficient (Wildman–Crippen LogP) is 1.44. The summed E-state index contributed by atoms with van der Waals surface area (Å²) in [5.41, 5.74) is -0.775. The number of hydrogen-bond acceptors (Lipinski definition) is 2. The Morgan fingerprint density at radius 1 is 1.42 bits per heavy atom. The van der Waals surface area contributed by atoms with E-state index in [4.69, 9.17) is 0 Å². The highest BCUT2D eigenvalue weighted by molar-refractivity contribution is 6.01. The maximum atomic E-state index is 11.4. The summed E-state index contributed by atoms with van der Waals surface area (Å²) in [5, 5.41) is 9.38. The molecule has 0 spiro atoms. The van der Waals surface area contributed by atoms with E-state index in [1.54, 1.807) is 24.3 Å². The van der Waals surface area contributed by atoms with E-state index in [-0.39, 0.29) is 5.78 Å². The Kier molecular flexibility index (Phi) is 2.29. The normalized spacial score (nSPS) is 11.2. The van der Waals surface area contributed by atoms with Gasteiger partial charge in [-0.15, -0.1) is 0 Å². The third-order valence-electron chi connectivity index (χ3n) is 1.54. The minimum Gasteiger partial charge on any atom is -0.382 e. The molecule has 1 N–H and O–H groups in total. The van der Waals surface area contributed by atoms with Gasteiger partial charge in [-0.1, -0.05) is 24.3 Å². The molecule has 1 radical (unpaired) electrons. The van der Waals surface area contributed by atoms with E-state index in [9.17, 15) is 9.90 Å². The van der Waals surface area contributed by atoms with Crippen LogP contribution < -0.4 is 0 Å². The lowest BCUT2D eigenvalue weighted by Gasteiger charge is -2.14. The van der Waals surface area contributed by atoms with Crippen molar-refractivity contribution in [3.05, 3.63) is 35.9 Å². The zero-order valence-corrected chi connectivity index (χ0v) is 7.16. The number of benzene rings is 1. The third-order valence-corrected chi connectivity index (χ3v) is 1.54. The summed E-state index contributed by atoms with van der Waals surface area (Å²) in [4.78, 5) is 11.4. The molecule has 63 valence electrons. The monoisotopic (exact) mass is 163 g/mol. The fourth-order valence-electron chi connectivity index (χ4n) is 0.891. The van der Waals surface area contributed by atoms with E-state index in [0.717, 1.165) is 0 Å². The summed E-state index contributed by atoms with van der Waals surface area (Å²) in [5.74, 6) is -0.267. The molecular formula is C10H11O2. The highest BCUT2D eigenvalue weighted by Gasteiger charge is 2.24. The lowest BCUT2D eigenvalue weighted by Crippen LogP contribution is -2.30. The van der Waals surface area contributed by atoms with E-state index in [1.165, 1.54) is 13.8 Å². The van der Waals surface area contributed by atoms with Gasteiger partial charge in [-0.2, -0.15) is 0 Å². The van der Waals surface area contributed by atoms with Crippen LogP contribution >= 0.6 is 0 Å². The molecule has 1 aromatic carbocycles. The van der Waals surface area contributed by atoms with Gasteiger partial charge >= 0.3 is 0 Å². The van der Waals surface area contributed by atoms with Crippen LogP contribution in [0.25, 0.3) is 0 Å². The van der Waals surface area contributed by atoms with Crippen LogP contribution in [0.15, 0.2) is 24.3 Å². The van der Waals surface area contributed by atoms with Crippen molar-refractivity contribution in [2.45, 2.75) is 19.4 Å². The van der Waals surface area contributed by atoms with Crippen molar-refractivity contribution in [1.82, 2.24) is 0 Å². The average Bonchev–Trinajstić information content (AvgIpc) is 2.03. The van der Waals surface area contributed by atoms with Gasteiger partial charge in [0.05, 0.1) is 0 Å². The number of hydrogen-bond donors (Lipinski definition) is 1. The second-order valence-corrected chi connectivity index (χ2v) is 3.18. The van der Waals surface area contributed by atoms with Crippen molar-refractivity contribution in [2.75, 3.05) is 0 Å². The molecule has 0 saturated heterocycles. The molecule has 0 fully saturated rings. The highest BCUT2D eigenvalue weighted by Crippen LogP contribution is 2.11. The molecule has 0 saturated carbocycles. The van der Waals surface area contributed by atoms with E-state index in [1.807, 2.05) is 0 Å². The minimum atomic E-state index is -1.29. The number of ketones is 1. The zero-order valence-electron chi connectivity index (χ0n) is 7.16. The van der Waals surface area contributed by atoms with Gasteiger partial charge in [0.1, 0.15) is 5.60 Å². The van der Waals surface area contributed by atoms with Gasteiger partial charge in [-0.25, -0.2) is 0 Å². The topological polar surface area (TPSA) is 37.3 Å². The molecule has 0 aliphatic rings. The molecule has 1 rings (SSSR count). The van der Waals surface area contributed by atoms with Gasteiger partial charge in [0.15, 0.2) is 5.78 Å². The zero-order chi connectivity index (χ0) is 9.19. The van der Waals surface area contributed by atoms with Crippen LogP contribution in [0.4, 0.5) is 0 Å². The summed E-state index contributed by atoms with van der Waals surface area (Å²) < 4.78 is 0. The fraction of sp³-hybridized carbons (Fsp3) is 0.300. The Bertz CT molecular complexity index is 270. The molecule has 0 aromatic heterocycles. The van der Waals surface area contributed by atoms with E-state index in [2.05, 4.69) is 6.07 Å². The third kappa shape index (κ3) is 1.92. The number of carbonyl (C=O) groups excluding carboxylic acids is 1. The first-order valence-electron chi connectivity index (χ1n) is 3.75. The van der Waals surface area contributed by atoms with Crippen LogP contribution in [0.1, 0.15) is 24.2 Å². The van der Waals surface area contributed by atoms with Crippen molar-refractivity contribution in [1.29, 1.82) is 0 Å². The van der Waals surface area contributed by atoms with E-state index >= 15 is 0 Å².